The summed E-state index contributed by atoms with van der Waals surface area (Å²) in [6.07, 6.45) is 0. The molecular weight excluding hydrogens is 268 g/mol. The van der Waals surface area contributed by atoms with Crippen molar-refractivity contribution in [3.05, 3.63) is 33.8 Å². The summed E-state index contributed by atoms with van der Waals surface area (Å²) in [6, 6.07) is 2.71. The normalized spacial score (nSPS) is 11.2. The molecular formula is C14H17ClO4. The zero-order valence-electron chi connectivity index (χ0n) is 11.4. The molecule has 0 saturated heterocycles. The lowest BCUT2D eigenvalue weighted by Gasteiger charge is -2.18. The number of ether oxygens (including phenoxy) is 1. The Morgan fingerprint density at radius 3 is 2.32 bits per heavy atom. The number of halogens is 1. The first-order chi connectivity index (χ1) is 8.61. The van der Waals surface area contributed by atoms with Crippen molar-refractivity contribution in [1.29, 1.82) is 0 Å². The highest BCUT2D eigenvalue weighted by atomic mass is 35.5. The van der Waals surface area contributed by atoms with Gasteiger partial charge < -0.3 is 9.84 Å². The number of benzene rings is 1. The first-order valence-corrected chi connectivity index (χ1v) is 6.20. The number of hydrogen-bond acceptors (Lipinski definition) is 3. The molecule has 104 valence electrons. The van der Waals surface area contributed by atoms with E-state index >= 15 is 0 Å². The molecule has 19 heavy (non-hydrogen) atoms. The van der Waals surface area contributed by atoms with Gasteiger partial charge in [0.15, 0.2) is 0 Å². The quantitative estimate of drug-likeness (QED) is 0.862. The van der Waals surface area contributed by atoms with Crippen molar-refractivity contribution in [2.24, 2.45) is 5.41 Å². The van der Waals surface area contributed by atoms with Crippen LogP contribution in [0.5, 0.6) is 0 Å². The van der Waals surface area contributed by atoms with E-state index in [1.807, 2.05) is 20.8 Å². The first kappa shape index (κ1) is 15.5. The second-order valence-electron chi connectivity index (χ2n) is 5.59. The average molecular weight is 285 g/mol. The molecule has 0 aromatic heterocycles. The molecule has 1 N–H and O–H groups in total. The molecule has 0 aliphatic carbocycles. The van der Waals surface area contributed by atoms with E-state index in [-0.39, 0.29) is 23.1 Å². The van der Waals surface area contributed by atoms with Gasteiger partial charge in [0.05, 0.1) is 17.7 Å². The van der Waals surface area contributed by atoms with E-state index in [1.54, 1.807) is 6.92 Å². The summed E-state index contributed by atoms with van der Waals surface area (Å²) >= 11 is 5.87. The van der Waals surface area contributed by atoms with Gasteiger partial charge in [-0.15, -0.1) is 0 Å². The predicted octanol–water partition coefficient (Wildman–Crippen LogP) is 3.55. The van der Waals surface area contributed by atoms with Gasteiger partial charge in [0, 0.05) is 5.02 Å². The Labute approximate surface area is 117 Å². The van der Waals surface area contributed by atoms with Gasteiger partial charge >= 0.3 is 11.9 Å². The third kappa shape index (κ3) is 4.24. The number of carboxylic acids is 1. The summed E-state index contributed by atoms with van der Waals surface area (Å²) in [5, 5.41) is 9.40. The SMILES string of the molecule is Cc1cc(C(=O)OCC(C)(C)C)c(C(=O)O)cc1Cl. The van der Waals surface area contributed by atoms with Crippen LogP contribution in [0.25, 0.3) is 0 Å². The van der Waals surface area contributed by atoms with Crippen molar-refractivity contribution in [3.63, 3.8) is 0 Å². The van der Waals surface area contributed by atoms with E-state index in [0.717, 1.165) is 0 Å². The van der Waals surface area contributed by atoms with Crippen molar-refractivity contribution < 1.29 is 19.4 Å². The van der Waals surface area contributed by atoms with Gasteiger partial charge in [0.25, 0.3) is 0 Å². The van der Waals surface area contributed by atoms with Crippen LogP contribution >= 0.6 is 11.6 Å². The fourth-order valence-corrected chi connectivity index (χ4v) is 1.55. The molecule has 1 rings (SSSR count). The number of hydrogen-bond donors (Lipinski definition) is 1. The molecule has 4 nitrogen and oxygen atoms in total. The Morgan fingerprint density at radius 1 is 1.26 bits per heavy atom. The van der Waals surface area contributed by atoms with Crippen LogP contribution in [0.4, 0.5) is 0 Å². The van der Waals surface area contributed by atoms with Gasteiger partial charge in [-0.25, -0.2) is 9.59 Å². The van der Waals surface area contributed by atoms with Gasteiger partial charge in [-0.05, 0) is 30.0 Å². The second kappa shape index (κ2) is 5.61. The molecule has 5 heteroatoms. The number of aromatic carboxylic acids is 1. The van der Waals surface area contributed by atoms with Crippen LogP contribution in [0.3, 0.4) is 0 Å². The molecule has 0 heterocycles. The highest BCUT2D eigenvalue weighted by molar-refractivity contribution is 6.32. The Balaban J connectivity index is 3.08. The third-order valence-corrected chi connectivity index (χ3v) is 2.79. The minimum absolute atomic E-state index is 0.0265. The van der Waals surface area contributed by atoms with Gasteiger partial charge in [0.2, 0.25) is 0 Å². The second-order valence-corrected chi connectivity index (χ2v) is 6.00. The predicted molar refractivity (Wildman–Crippen MR) is 72.9 cm³/mol. The van der Waals surface area contributed by atoms with Crippen LogP contribution in [-0.2, 0) is 4.74 Å². The smallest absolute Gasteiger partial charge is 0.339 e. The van der Waals surface area contributed by atoms with Crippen molar-refractivity contribution in [2.45, 2.75) is 27.7 Å². The van der Waals surface area contributed by atoms with Gasteiger partial charge in [0.1, 0.15) is 0 Å². The fourth-order valence-electron chi connectivity index (χ4n) is 1.39. The highest BCUT2D eigenvalue weighted by Crippen LogP contribution is 2.23. The number of carbonyl (C=O) groups excluding carboxylic acids is 1. The topological polar surface area (TPSA) is 63.6 Å². The van der Waals surface area contributed by atoms with Crippen LogP contribution in [0, 0.1) is 12.3 Å². The fraction of sp³-hybridized carbons (Fsp3) is 0.429. The highest BCUT2D eigenvalue weighted by Gasteiger charge is 2.21. The molecule has 0 atom stereocenters. The number of carboxylic acid groups (broad SMARTS) is 1. The van der Waals surface area contributed by atoms with Crippen LogP contribution < -0.4 is 0 Å². The molecule has 0 aliphatic heterocycles. The van der Waals surface area contributed by atoms with Crippen LogP contribution in [0.1, 0.15) is 47.1 Å². The summed E-state index contributed by atoms with van der Waals surface area (Å²) in [7, 11) is 0. The molecule has 0 bridgehead atoms. The van der Waals surface area contributed by atoms with Crippen LogP contribution in [0.2, 0.25) is 5.02 Å². The maximum Gasteiger partial charge on any atom is 0.339 e. The van der Waals surface area contributed by atoms with E-state index < -0.39 is 11.9 Å². The van der Waals surface area contributed by atoms with E-state index in [0.29, 0.717) is 10.6 Å². The molecule has 0 saturated carbocycles. The zero-order valence-corrected chi connectivity index (χ0v) is 12.2. The summed E-state index contributed by atoms with van der Waals surface area (Å²) < 4.78 is 5.13. The van der Waals surface area contributed by atoms with E-state index in [9.17, 15) is 9.59 Å². The van der Waals surface area contributed by atoms with Crippen LogP contribution in [-0.4, -0.2) is 23.7 Å². The number of esters is 1. The Bertz CT molecular complexity index is 515. The maximum absolute atomic E-state index is 12.0. The molecule has 0 unspecified atom stereocenters. The minimum atomic E-state index is -1.20. The zero-order chi connectivity index (χ0) is 14.8. The van der Waals surface area contributed by atoms with Gasteiger partial charge in [-0.1, -0.05) is 32.4 Å². The minimum Gasteiger partial charge on any atom is -0.478 e. The number of carbonyl (C=O) groups is 2. The largest absolute Gasteiger partial charge is 0.478 e. The first-order valence-electron chi connectivity index (χ1n) is 5.82. The molecule has 1 aromatic carbocycles. The van der Waals surface area contributed by atoms with Crippen molar-refractivity contribution in [2.75, 3.05) is 6.61 Å². The number of aryl methyl sites for hydroxylation is 1. The Hall–Kier alpha value is -1.55. The molecule has 0 radical (unpaired) electrons. The summed E-state index contributed by atoms with van der Waals surface area (Å²) in [5.74, 6) is -1.85. The maximum atomic E-state index is 12.0. The summed E-state index contributed by atoms with van der Waals surface area (Å²) in [4.78, 5) is 23.1. The van der Waals surface area contributed by atoms with Gasteiger partial charge in [-0.2, -0.15) is 0 Å². The van der Waals surface area contributed by atoms with Crippen molar-refractivity contribution in [1.82, 2.24) is 0 Å². The van der Waals surface area contributed by atoms with E-state index in [2.05, 4.69) is 0 Å². The Kier molecular flexibility index (Phi) is 4.58. The van der Waals surface area contributed by atoms with E-state index in [4.69, 9.17) is 21.4 Å². The molecule has 0 spiro atoms. The third-order valence-electron chi connectivity index (χ3n) is 2.39. The number of rotatable bonds is 3. The average Bonchev–Trinajstić information content (AvgIpc) is 2.27. The summed E-state index contributed by atoms with van der Waals surface area (Å²) in [6.45, 7) is 7.68. The van der Waals surface area contributed by atoms with E-state index in [1.165, 1.54) is 12.1 Å². The molecule has 0 aliphatic rings. The van der Waals surface area contributed by atoms with Gasteiger partial charge in [-0.3, -0.25) is 0 Å². The van der Waals surface area contributed by atoms with Crippen LogP contribution in [0.15, 0.2) is 12.1 Å². The van der Waals surface area contributed by atoms with Crippen molar-refractivity contribution >= 4 is 23.5 Å². The lowest BCUT2D eigenvalue weighted by Crippen LogP contribution is -2.20. The monoisotopic (exact) mass is 284 g/mol. The standard InChI is InChI=1S/C14H17ClO4/c1-8-5-10(9(12(16)17)6-11(8)15)13(18)19-7-14(2,3)4/h5-6H,7H2,1-4H3,(H,16,17). The molecule has 0 amide bonds. The lowest BCUT2D eigenvalue weighted by atomic mass is 9.98. The Morgan fingerprint density at radius 2 is 1.84 bits per heavy atom. The summed E-state index contributed by atoms with van der Waals surface area (Å²) in [5.41, 5.74) is 0.336. The molecule has 0 fully saturated rings. The molecule has 1 aromatic rings. The van der Waals surface area contributed by atoms with Crippen molar-refractivity contribution in [3.8, 4) is 0 Å². The lowest BCUT2D eigenvalue weighted by molar-refractivity contribution is 0.0361.